The van der Waals surface area contributed by atoms with E-state index in [4.69, 9.17) is 9.47 Å². The first kappa shape index (κ1) is 14.5. The van der Waals surface area contributed by atoms with Gasteiger partial charge in [0.25, 0.3) is 0 Å². The van der Waals surface area contributed by atoms with Crippen molar-refractivity contribution >= 4 is 11.7 Å². The number of esters is 1. The fourth-order valence-corrected chi connectivity index (χ4v) is 1.82. The summed E-state index contributed by atoms with van der Waals surface area (Å²) in [5.74, 6) is -0.246. The Morgan fingerprint density at radius 2 is 2.00 bits per heavy atom. The molecular formula is C14H21NO3. The van der Waals surface area contributed by atoms with Gasteiger partial charge in [-0.3, -0.25) is 0 Å². The number of para-hydroxylation sites is 1. The predicted molar refractivity (Wildman–Crippen MR) is 71.6 cm³/mol. The minimum absolute atomic E-state index is 0.0297. The number of ether oxygens (including phenoxy) is 2. The summed E-state index contributed by atoms with van der Waals surface area (Å²) in [7, 11) is 3.02. The summed E-state index contributed by atoms with van der Waals surface area (Å²) in [4.78, 5) is 11.8. The normalized spacial score (nSPS) is 13.8. The lowest BCUT2D eigenvalue weighted by Gasteiger charge is -2.24. The number of hydrogen-bond acceptors (Lipinski definition) is 4. The second-order valence-corrected chi connectivity index (χ2v) is 4.39. The van der Waals surface area contributed by atoms with Gasteiger partial charge in [-0.2, -0.15) is 0 Å². The maximum absolute atomic E-state index is 11.8. The Balaban J connectivity index is 2.85. The van der Waals surface area contributed by atoms with Crippen molar-refractivity contribution < 1.29 is 14.3 Å². The Bertz CT molecular complexity index is 392. The molecule has 0 aliphatic heterocycles. The lowest BCUT2D eigenvalue weighted by molar-refractivity contribution is -0.143. The summed E-state index contributed by atoms with van der Waals surface area (Å²) < 4.78 is 9.93. The summed E-state index contributed by atoms with van der Waals surface area (Å²) in [6, 6.07) is 7.44. The molecule has 2 unspecified atom stereocenters. The molecule has 0 saturated heterocycles. The zero-order chi connectivity index (χ0) is 13.5. The van der Waals surface area contributed by atoms with Crippen molar-refractivity contribution in [3.05, 3.63) is 29.8 Å². The summed E-state index contributed by atoms with van der Waals surface area (Å²) >= 11 is 0. The first-order valence-corrected chi connectivity index (χ1v) is 5.99. The lowest BCUT2D eigenvalue weighted by atomic mass is 10.0. The van der Waals surface area contributed by atoms with E-state index in [9.17, 15) is 4.79 Å². The van der Waals surface area contributed by atoms with E-state index in [0.717, 1.165) is 11.3 Å². The van der Waals surface area contributed by atoms with Crippen molar-refractivity contribution in [3.8, 4) is 0 Å². The highest BCUT2D eigenvalue weighted by molar-refractivity contribution is 5.80. The average Bonchev–Trinajstić information content (AvgIpc) is 2.37. The number of carbonyl (C=O) groups is 1. The van der Waals surface area contributed by atoms with Crippen molar-refractivity contribution in [1.82, 2.24) is 0 Å². The van der Waals surface area contributed by atoms with Crippen LogP contribution in [-0.2, 0) is 14.3 Å². The van der Waals surface area contributed by atoms with Crippen LogP contribution in [0.1, 0.15) is 12.5 Å². The van der Waals surface area contributed by atoms with Gasteiger partial charge in [-0.05, 0) is 18.6 Å². The van der Waals surface area contributed by atoms with Crippen molar-refractivity contribution in [3.63, 3.8) is 0 Å². The standard InChI is InChI=1S/C14H21NO3/c1-10-7-5-6-8-12(10)15-13(14(16)18-4)11(2)9-17-3/h5-8,11,13,15H,9H2,1-4H3. The fraction of sp³-hybridized carbons (Fsp3) is 0.500. The number of anilines is 1. The molecule has 1 aromatic rings. The first-order valence-electron chi connectivity index (χ1n) is 5.99. The number of nitrogens with one attached hydrogen (secondary N) is 1. The summed E-state index contributed by atoms with van der Waals surface area (Å²) in [5.41, 5.74) is 2.03. The van der Waals surface area contributed by atoms with Crippen LogP contribution in [0.4, 0.5) is 5.69 Å². The van der Waals surface area contributed by atoms with Crippen LogP contribution >= 0.6 is 0 Å². The molecule has 0 amide bonds. The van der Waals surface area contributed by atoms with Gasteiger partial charge in [0.05, 0.1) is 13.7 Å². The maximum atomic E-state index is 11.8. The monoisotopic (exact) mass is 251 g/mol. The molecule has 0 heterocycles. The molecule has 0 saturated carbocycles. The van der Waals surface area contributed by atoms with Gasteiger partial charge in [-0.15, -0.1) is 0 Å². The van der Waals surface area contributed by atoms with Crippen LogP contribution in [0, 0.1) is 12.8 Å². The number of rotatable bonds is 6. The highest BCUT2D eigenvalue weighted by Crippen LogP contribution is 2.18. The van der Waals surface area contributed by atoms with E-state index in [1.54, 1.807) is 7.11 Å². The van der Waals surface area contributed by atoms with Crippen LogP contribution in [-0.4, -0.2) is 32.8 Å². The Kier molecular flexibility index (Phi) is 5.65. The molecular weight excluding hydrogens is 230 g/mol. The first-order chi connectivity index (χ1) is 8.60. The molecule has 1 rings (SSSR count). The molecule has 0 radical (unpaired) electrons. The molecule has 0 fully saturated rings. The highest BCUT2D eigenvalue weighted by atomic mass is 16.5. The summed E-state index contributed by atoms with van der Waals surface area (Å²) in [6.45, 7) is 4.45. The quantitative estimate of drug-likeness (QED) is 0.788. The molecule has 0 aliphatic rings. The lowest BCUT2D eigenvalue weighted by Crippen LogP contribution is -2.38. The van der Waals surface area contributed by atoms with E-state index >= 15 is 0 Å². The topological polar surface area (TPSA) is 47.6 Å². The van der Waals surface area contributed by atoms with Gasteiger partial charge in [0.1, 0.15) is 6.04 Å². The van der Waals surface area contributed by atoms with Crippen molar-refractivity contribution in [2.45, 2.75) is 19.9 Å². The molecule has 0 aromatic heterocycles. The molecule has 100 valence electrons. The number of carbonyl (C=O) groups excluding carboxylic acids is 1. The van der Waals surface area contributed by atoms with Crippen molar-refractivity contribution in [2.75, 3.05) is 26.1 Å². The average molecular weight is 251 g/mol. The number of methoxy groups -OCH3 is 2. The highest BCUT2D eigenvalue weighted by Gasteiger charge is 2.26. The van der Waals surface area contributed by atoms with Gasteiger partial charge in [-0.1, -0.05) is 25.1 Å². The second kappa shape index (κ2) is 7.01. The third-order valence-electron chi connectivity index (χ3n) is 2.91. The Morgan fingerprint density at radius 3 is 2.56 bits per heavy atom. The number of benzene rings is 1. The minimum atomic E-state index is -0.406. The molecule has 1 aromatic carbocycles. The van der Waals surface area contributed by atoms with E-state index in [-0.39, 0.29) is 11.9 Å². The minimum Gasteiger partial charge on any atom is -0.467 e. The molecule has 0 spiro atoms. The predicted octanol–water partition coefficient (Wildman–Crippen LogP) is 2.23. The maximum Gasteiger partial charge on any atom is 0.328 e. The Labute approximate surface area is 108 Å². The third kappa shape index (κ3) is 3.74. The van der Waals surface area contributed by atoms with Gasteiger partial charge in [0.15, 0.2) is 0 Å². The van der Waals surface area contributed by atoms with Gasteiger partial charge in [0.2, 0.25) is 0 Å². The van der Waals surface area contributed by atoms with Crippen molar-refractivity contribution in [1.29, 1.82) is 0 Å². The molecule has 4 heteroatoms. The number of aryl methyl sites for hydroxylation is 1. The van der Waals surface area contributed by atoms with E-state index in [1.165, 1.54) is 7.11 Å². The van der Waals surface area contributed by atoms with Crippen LogP contribution in [0.3, 0.4) is 0 Å². The Hall–Kier alpha value is -1.55. The molecule has 4 nitrogen and oxygen atoms in total. The smallest absolute Gasteiger partial charge is 0.328 e. The number of hydrogen-bond donors (Lipinski definition) is 1. The van der Waals surface area contributed by atoms with Crippen LogP contribution in [0.25, 0.3) is 0 Å². The molecule has 18 heavy (non-hydrogen) atoms. The largest absolute Gasteiger partial charge is 0.467 e. The molecule has 0 bridgehead atoms. The van der Waals surface area contributed by atoms with Crippen LogP contribution < -0.4 is 5.32 Å². The van der Waals surface area contributed by atoms with E-state index in [1.807, 2.05) is 38.1 Å². The van der Waals surface area contributed by atoms with Crippen LogP contribution in [0.2, 0.25) is 0 Å². The van der Waals surface area contributed by atoms with Crippen molar-refractivity contribution in [2.24, 2.45) is 5.92 Å². The SMILES string of the molecule is COCC(C)C(Nc1ccccc1C)C(=O)OC. The van der Waals surface area contributed by atoms with Gasteiger partial charge < -0.3 is 14.8 Å². The molecule has 2 atom stereocenters. The van der Waals surface area contributed by atoms with E-state index in [0.29, 0.717) is 6.61 Å². The Morgan fingerprint density at radius 1 is 1.33 bits per heavy atom. The zero-order valence-corrected chi connectivity index (χ0v) is 11.4. The van der Waals surface area contributed by atoms with Gasteiger partial charge in [-0.25, -0.2) is 4.79 Å². The summed E-state index contributed by atoms with van der Waals surface area (Å²) in [6.07, 6.45) is 0. The molecule has 1 N–H and O–H groups in total. The fourth-order valence-electron chi connectivity index (χ4n) is 1.82. The van der Waals surface area contributed by atoms with E-state index in [2.05, 4.69) is 5.32 Å². The second-order valence-electron chi connectivity index (χ2n) is 4.39. The van der Waals surface area contributed by atoms with Gasteiger partial charge >= 0.3 is 5.97 Å². The third-order valence-corrected chi connectivity index (χ3v) is 2.91. The molecule has 0 aliphatic carbocycles. The summed E-state index contributed by atoms with van der Waals surface area (Å²) in [5, 5.41) is 3.23. The van der Waals surface area contributed by atoms with Crippen LogP contribution in [0.5, 0.6) is 0 Å². The van der Waals surface area contributed by atoms with Crippen LogP contribution in [0.15, 0.2) is 24.3 Å². The van der Waals surface area contributed by atoms with E-state index < -0.39 is 6.04 Å². The zero-order valence-electron chi connectivity index (χ0n) is 11.4. The van der Waals surface area contributed by atoms with Gasteiger partial charge in [0, 0.05) is 18.7 Å².